The minimum atomic E-state index is -3.73. The van der Waals surface area contributed by atoms with Crippen LogP contribution in [0.4, 0.5) is 0 Å². The van der Waals surface area contributed by atoms with Crippen LogP contribution in [0.15, 0.2) is 47.3 Å². The molecule has 0 aliphatic rings. The highest BCUT2D eigenvalue weighted by Crippen LogP contribution is 2.41. The Kier molecular flexibility index (Phi) is 8.71. The van der Waals surface area contributed by atoms with Crippen molar-refractivity contribution in [2.75, 3.05) is 26.1 Å². The summed E-state index contributed by atoms with van der Waals surface area (Å²) in [7, 11) is -3.73. The summed E-state index contributed by atoms with van der Waals surface area (Å²) in [6.45, 7) is 4.21. The van der Waals surface area contributed by atoms with Gasteiger partial charge < -0.3 is 39.3 Å². The number of H-pyrrole nitrogens is 2. The van der Waals surface area contributed by atoms with Crippen molar-refractivity contribution in [1.82, 2.24) is 15.3 Å². The maximum Gasteiger partial charge on any atom is 0.365 e. The molecule has 3 aromatic rings. The van der Waals surface area contributed by atoms with Crippen LogP contribution in [0.25, 0.3) is 11.0 Å². The fourth-order valence-electron chi connectivity index (χ4n) is 3.28. The first-order valence-corrected chi connectivity index (χ1v) is 12.5. The van der Waals surface area contributed by atoms with Gasteiger partial charge >= 0.3 is 13.3 Å². The fourth-order valence-corrected chi connectivity index (χ4v) is 4.07. The van der Waals surface area contributed by atoms with Gasteiger partial charge in [-0.1, -0.05) is 18.2 Å². The standard InChI is InChI=1S/C22H30N3O7P/c1-3-32-33(28,29)14-31-18-9-7-16(8-10-18)11-15(2)23-12-17(26)13-30-20-6-4-5-19-21(20)25-22(27)24-19/h4-10,15,17,23,26H,3,11-14H2,1-2H3,(H,28,29)(H2,24,25,27)/t15-,17+/m1/s1. The highest BCUT2D eigenvalue weighted by Gasteiger charge is 2.19. The van der Waals surface area contributed by atoms with Gasteiger partial charge in [0.1, 0.15) is 29.7 Å². The number of rotatable bonds is 13. The number of aromatic amines is 2. The largest absolute Gasteiger partial charge is 0.489 e. The van der Waals surface area contributed by atoms with E-state index in [1.165, 1.54) is 0 Å². The van der Waals surface area contributed by atoms with Crippen molar-refractivity contribution in [2.45, 2.75) is 32.4 Å². The minimum Gasteiger partial charge on any atom is -0.489 e. The lowest BCUT2D eigenvalue weighted by atomic mass is 10.1. The molecule has 1 heterocycles. The zero-order valence-corrected chi connectivity index (χ0v) is 19.5. The number of aromatic nitrogens is 2. The molecule has 0 bridgehead atoms. The third-order valence-electron chi connectivity index (χ3n) is 4.84. The van der Waals surface area contributed by atoms with Crippen molar-refractivity contribution in [3.05, 3.63) is 58.5 Å². The number of fused-ring (bicyclic) bond motifs is 1. The molecule has 0 aliphatic heterocycles. The second kappa shape index (κ2) is 11.5. The number of benzene rings is 2. The van der Waals surface area contributed by atoms with Crippen LogP contribution >= 0.6 is 7.60 Å². The summed E-state index contributed by atoms with van der Waals surface area (Å²) in [5.41, 5.74) is 1.96. The maximum atomic E-state index is 11.7. The fraction of sp³-hybridized carbons (Fsp3) is 0.409. The SMILES string of the molecule is CCOP(=O)(O)COc1ccc(C[C@@H](C)NC[C@H](O)COc2cccc3[nH]c(=O)[nH]c23)cc1. The molecule has 0 saturated carbocycles. The van der Waals surface area contributed by atoms with E-state index in [-0.39, 0.29) is 24.9 Å². The lowest BCUT2D eigenvalue weighted by Crippen LogP contribution is -2.37. The van der Waals surface area contributed by atoms with Gasteiger partial charge in [-0.2, -0.15) is 0 Å². The lowest BCUT2D eigenvalue weighted by molar-refractivity contribution is 0.105. The number of aliphatic hydroxyl groups excluding tert-OH is 1. The van der Waals surface area contributed by atoms with Gasteiger partial charge in [0.25, 0.3) is 0 Å². The van der Waals surface area contributed by atoms with Crippen LogP contribution < -0.4 is 20.5 Å². The van der Waals surface area contributed by atoms with Gasteiger partial charge in [-0.05, 0) is 50.1 Å². The van der Waals surface area contributed by atoms with Gasteiger partial charge in [0.15, 0.2) is 6.35 Å². The Balaban J connectivity index is 1.40. The zero-order valence-electron chi connectivity index (χ0n) is 18.6. The Morgan fingerprint density at radius 3 is 2.61 bits per heavy atom. The Bertz CT molecular complexity index is 1130. The topological polar surface area (TPSA) is 146 Å². The van der Waals surface area contributed by atoms with E-state index in [2.05, 4.69) is 15.3 Å². The van der Waals surface area contributed by atoms with Gasteiger partial charge in [-0.3, -0.25) is 4.57 Å². The third kappa shape index (κ3) is 7.73. The van der Waals surface area contributed by atoms with Gasteiger partial charge in [0, 0.05) is 12.6 Å². The number of aliphatic hydroxyl groups is 1. The first-order chi connectivity index (χ1) is 15.8. The van der Waals surface area contributed by atoms with Crippen molar-refractivity contribution in [3.63, 3.8) is 0 Å². The summed E-state index contributed by atoms with van der Waals surface area (Å²) in [5, 5.41) is 13.5. The third-order valence-corrected chi connectivity index (χ3v) is 5.95. The van der Waals surface area contributed by atoms with Crippen molar-refractivity contribution < 1.29 is 28.6 Å². The molecular weight excluding hydrogens is 449 g/mol. The van der Waals surface area contributed by atoms with Gasteiger partial charge in [-0.15, -0.1) is 0 Å². The molecule has 1 aromatic heterocycles. The number of hydrogen-bond donors (Lipinski definition) is 5. The molecule has 10 nitrogen and oxygen atoms in total. The highest BCUT2D eigenvalue weighted by atomic mass is 31.2. The lowest BCUT2D eigenvalue weighted by Gasteiger charge is -2.18. The molecule has 0 radical (unpaired) electrons. The van der Waals surface area contributed by atoms with E-state index in [0.29, 0.717) is 29.1 Å². The van der Waals surface area contributed by atoms with Crippen LogP contribution in [-0.4, -0.2) is 58.2 Å². The van der Waals surface area contributed by atoms with Crippen molar-refractivity contribution in [1.29, 1.82) is 0 Å². The van der Waals surface area contributed by atoms with Gasteiger partial charge in [0.2, 0.25) is 0 Å². The predicted octanol–water partition coefficient (Wildman–Crippen LogP) is 2.37. The monoisotopic (exact) mass is 479 g/mol. The average Bonchev–Trinajstić information content (AvgIpc) is 3.16. The Labute approximate surface area is 191 Å². The van der Waals surface area contributed by atoms with E-state index < -0.39 is 20.0 Å². The van der Waals surface area contributed by atoms with E-state index in [1.807, 2.05) is 19.1 Å². The van der Waals surface area contributed by atoms with Crippen LogP contribution in [0.3, 0.4) is 0 Å². The molecule has 1 unspecified atom stereocenters. The Morgan fingerprint density at radius 2 is 1.88 bits per heavy atom. The predicted molar refractivity (Wildman–Crippen MR) is 125 cm³/mol. The van der Waals surface area contributed by atoms with Crippen LogP contribution in [0, 0.1) is 0 Å². The number of nitrogens with one attached hydrogen (secondary N) is 3. The van der Waals surface area contributed by atoms with E-state index in [4.69, 9.17) is 14.0 Å². The summed E-state index contributed by atoms with van der Waals surface area (Å²) in [4.78, 5) is 26.4. The molecule has 0 aliphatic carbocycles. The molecule has 33 heavy (non-hydrogen) atoms. The van der Waals surface area contributed by atoms with Crippen molar-refractivity contribution >= 4 is 18.6 Å². The van der Waals surface area contributed by atoms with Gasteiger partial charge in [-0.25, -0.2) is 4.79 Å². The van der Waals surface area contributed by atoms with Crippen molar-refractivity contribution in [2.24, 2.45) is 0 Å². The van der Waals surface area contributed by atoms with Gasteiger partial charge in [0.05, 0.1) is 12.1 Å². The summed E-state index contributed by atoms with van der Waals surface area (Å²) >= 11 is 0. The number of hydrogen-bond acceptors (Lipinski definition) is 7. The number of para-hydroxylation sites is 1. The zero-order chi connectivity index (χ0) is 23.8. The number of imidazole rings is 1. The quantitative estimate of drug-likeness (QED) is 0.235. The molecule has 2 aromatic carbocycles. The summed E-state index contributed by atoms with van der Waals surface area (Å²) < 4.78 is 27.4. The molecule has 0 saturated heterocycles. The van der Waals surface area contributed by atoms with E-state index >= 15 is 0 Å². The highest BCUT2D eigenvalue weighted by molar-refractivity contribution is 7.52. The second-order valence-corrected chi connectivity index (χ2v) is 9.50. The Hall–Kier alpha value is -2.62. The molecule has 3 rings (SSSR count). The molecule has 5 N–H and O–H groups in total. The van der Waals surface area contributed by atoms with Crippen LogP contribution in [0.2, 0.25) is 0 Å². The molecule has 180 valence electrons. The van der Waals surface area contributed by atoms with Crippen LogP contribution in [0.1, 0.15) is 19.4 Å². The van der Waals surface area contributed by atoms with E-state index in [0.717, 1.165) is 12.0 Å². The summed E-state index contributed by atoms with van der Waals surface area (Å²) in [6.07, 6.45) is -0.411. The first-order valence-electron chi connectivity index (χ1n) is 10.7. The minimum absolute atomic E-state index is 0.0779. The van der Waals surface area contributed by atoms with Crippen LogP contribution in [0.5, 0.6) is 11.5 Å². The molecule has 11 heteroatoms. The van der Waals surface area contributed by atoms with E-state index in [9.17, 15) is 19.4 Å². The average molecular weight is 479 g/mol. The van der Waals surface area contributed by atoms with Crippen molar-refractivity contribution in [3.8, 4) is 11.5 Å². The smallest absolute Gasteiger partial charge is 0.365 e. The maximum absolute atomic E-state index is 11.7. The second-order valence-electron chi connectivity index (χ2n) is 7.71. The molecule has 3 atom stereocenters. The first kappa shape index (κ1) is 25.0. The normalized spacial score (nSPS) is 15.2. The van der Waals surface area contributed by atoms with E-state index in [1.54, 1.807) is 37.3 Å². The van der Waals surface area contributed by atoms with Crippen LogP contribution in [-0.2, 0) is 15.5 Å². The molecular formula is C22H30N3O7P. The molecule has 0 amide bonds. The summed E-state index contributed by atoms with van der Waals surface area (Å²) in [6, 6.07) is 12.6. The number of ether oxygens (including phenoxy) is 2. The molecule has 0 spiro atoms. The summed E-state index contributed by atoms with van der Waals surface area (Å²) in [5.74, 6) is 0.985. The molecule has 0 fully saturated rings. The Morgan fingerprint density at radius 1 is 1.12 bits per heavy atom.